The van der Waals surface area contributed by atoms with Crippen LogP contribution in [0, 0.1) is 0 Å². The van der Waals surface area contributed by atoms with Gasteiger partial charge in [-0.3, -0.25) is 4.68 Å². The van der Waals surface area contributed by atoms with Gasteiger partial charge in [0, 0.05) is 26.2 Å². The molecule has 6 heteroatoms. The minimum absolute atomic E-state index is 0.509. The SMILES string of the molecule is Cn1ncc2c(N3CCCC3)nc(NC3CCCCCC3)nc21. The average Bonchev–Trinajstić information content (AvgIpc) is 3.14. The van der Waals surface area contributed by atoms with E-state index in [2.05, 4.69) is 15.3 Å². The third-order valence-electron chi connectivity index (χ3n) is 5.17. The highest BCUT2D eigenvalue weighted by Gasteiger charge is 2.21. The van der Waals surface area contributed by atoms with E-state index in [-0.39, 0.29) is 0 Å². The zero-order chi connectivity index (χ0) is 15.6. The minimum atomic E-state index is 0.509. The van der Waals surface area contributed by atoms with Gasteiger partial charge in [0.25, 0.3) is 0 Å². The van der Waals surface area contributed by atoms with Crippen molar-refractivity contribution in [3.63, 3.8) is 0 Å². The Hall–Kier alpha value is -1.85. The van der Waals surface area contributed by atoms with Gasteiger partial charge in [0.05, 0.1) is 11.6 Å². The number of fused-ring (bicyclic) bond motifs is 1. The first-order chi connectivity index (χ1) is 11.3. The number of anilines is 2. The van der Waals surface area contributed by atoms with Gasteiger partial charge in [0.2, 0.25) is 5.95 Å². The van der Waals surface area contributed by atoms with Gasteiger partial charge >= 0.3 is 0 Å². The summed E-state index contributed by atoms with van der Waals surface area (Å²) in [7, 11) is 1.96. The number of rotatable bonds is 3. The number of nitrogens with one attached hydrogen (secondary N) is 1. The molecule has 3 heterocycles. The molecule has 1 aliphatic carbocycles. The second-order valence-corrected chi connectivity index (χ2v) is 6.90. The summed E-state index contributed by atoms with van der Waals surface area (Å²) in [6.07, 6.45) is 12.2. The first-order valence-electron chi connectivity index (χ1n) is 9.02. The molecular weight excluding hydrogens is 288 g/mol. The first-order valence-corrected chi connectivity index (χ1v) is 9.02. The minimum Gasteiger partial charge on any atom is -0.356 e. The van der Waals surface area contributed by atoms with Gasteiger partial charge in [-0.2, -0.15) is 15.1 Å². The summed E-state index contributed by atoms with van der Waals surface area (Å²) in [5.41, 5.74) is 0.929. The summed E-state index contributed by atoms with van der Waals surface area (Å²) in [6.45, 7) is 2.17. The topological polar surface area (TPSA) is 58.9 Å². The highest BCUT2D eigenvalue weighted by molar-refractivity contribution is 5.88. The molecule has 23 heavy (non-hydrogen) atoms. The highest BCUT2D eigenvalue weighted by Crippen LogP contribution is 2.28. The normalized spacial score (nSPS) is 20.1. The maximum Gasteiger partial charge on any atom is 0.226 e. The predicted molar refractivity (Wildman–Crippen MR) is 92.9 cm³/mol. The van der Waals surface area contributed by atoms with Crippen LogP contribution in [0.1, 0.15) is 51.4 Å². The average molecular weight is 314 g/mol. The van der Waals surface area contributed by atoms with E-state index in [4.69, 9.17) is 9.97 Å². The van der Waals surface area contributed by atoms with Crippen LogP contribution >= 0.6 is 0 Å². The Balaban J connectivity index is 1.67. The Bertz CT molecular complexity index is 665. The summed E-state index contributed by atoms with van der Waals surface area (Å²) in [4.78, 5) is 12.0. The molecule has 2 aromatic heterocycles. The summed E-state index contributed by atoms with van der Waals surface area (Å²) < 4.78 is 1.86. The van der Waals surface area contributed by atoms with Gasteiger partial charge in [0.1, 0.15) is 5.82 Å². The Labute approximate surface area is 137 Å². The Morgan fingerprint density at radius 1 is 1.00 bits per heavy atom. The molecule has 1 saturated heterocycles. The van der Waals surface area contributed by atoms with E-state index in [0.29, 0.717) is 6.04 Å². The zero-order valence-electron chi connectivity index (χ0n) is 14.0. The number of nitrogens with zero attached hydrogens (tertiary/aromatic N) is 5. The van der Waals surface area contributed by atoms with Crippen molar-refractivity contribution >= 4 is 22.8 Å². The lowest BCUT2D eigenvalue weighted by atomic mass is 10.1. The Morgan fingerprint density at radius 3 is 2.48 bits per heavy atom. The highest BCUT2D eigenvalue weighted by atomic mass is 15.3. The first kappa shape index (κ1) is 14.7. The maximum absolute atomic E-state index is 4.87. The quantitative estimate of drug-likeness (QED) is 0.882. The van der Waals surface area contributed by atoms with E-state index in [9.17, 15) is 0 Å². The predicted octanol–water partition coefficient (Wildman–Crippen LogP) is 3.10. The Kier molecular flexibility index (Phi) is 4.06. The fourth-order valence-corrected chi connectivity index (χ4v) is 3.85. The molecule has 1 aliphatic heterocycles. The van der Waals surface area contributed by atoms with Crippen LogP contribution in [0.3, 0.4) is 0 Å². The largest absolute Gasteiger partial charge is 0.356 e. The molecule has 0 spiro atoms. The van der Waals surface area contributed by atoms with E-state index in [0.717, 1.165) is 35.9 Å². The van der Waals surface area contributed by atoms with E-state index >= 15 is 0 Å². The summed E-state index contributed by atoms with van der Waals surface area (Å²) in [5, 5.41) is 9.06. The summed E-state index contributed by atoms with van der Waals surface area (Å²) >= 11 is 0. The maximum atomic E-state index is 4.87. The molecule has 2 aliphatic rings. The smallest absolute Gasteiger partial charge is 0.226 e. The number of aromatic nitrogens is 4. The van der Waals surface area contributed by atoms with Crippen LogP contribution in [-0.2, 0) is 7.05 Å². The van der Waals surface area contributed by atoms with E-state index in [1.54, 1.807) is 0 Å². The molecule has 4 rings (SSSR count). The second-order valence-electron chi connectivity index (χ2n) is 6.90. The van der Waals surface area contributed by atoms with Gasteiger partial charge in [-0.15, -0.1) is 0 Å². The lowest BCUT2D eigenvalue weighted by molar-refractivity contribution is 0.615. The van der Waals surface area contributed by atoms with Crippen molar-refractivity contribution in [3.8, 4) is 0 Å². The van der Waals surface area contributed by atoms with Crippen LogP contribution in [-0.4, -0.2) is 38.9 Å². The molecule has 2 aromatic rings. The van der Waals surface area contributed by atoms with E-state index in [1.807, 2.05) is 17.9 Å². The molecule has 0 aromatic carbocycles. The van der Waals surface area contributed by atoms with Crippen molar-refractivity contribution in [1.29, 1.82) is 0 Å². The lowest BCUT2D eigenvalue weighted by Crippen LogP contribution is -2.23. The molecular formula is C17H26N6. The van der Waals surface area contributed by atoms with Crippen molar-refractivity contribution in [3.05, 3.63) is 6.20 Å². The third-order valence-corrected chi connectivity index (χ3v) is 5.17. The van der Waals surface area contributed by atoms with Crippen molar-refractivity contribution < 1.29 is 0 Å². The standard InChI is InChI=1S/C17H26N6/c1-22-15-14(12-18-22)16(23-10-6-7-11-23)21-17(20-15)19-13-8-4-2-3-5-9-13/h12-13H,2-11H2,1H3,(H,19,20,21). The third kappa shape index (κ3) is 2.99. The molecule has 0 radical (unpaired) electrons. The van der Waals surface area contributed by atoms with Crippen molar-refractivity contribution in [2.45, 2.75) is 57.4 Å². The van der Waals surface area contributed by atoms with Crippen LogP contribution in [0.15, 0.2) is 6.20 Å². The fraction of sp³-hybridized carbons (Fsp3) is 0.706. The molecule has 0 atom stereocenters. The fourth-order valence-electron chi connectivity index (χ4n) is 3.85. The van der Waals surface area contributed by atoms with Crippen molar-refractivity contribution in [2.75, 3.05) is 23.3 Å². The van der Waals surface area contributed by atoms with Gasteiger partial charge in [-0.1, -0.05) is 25.7 Å². The van der Waals surface area contributed by atoms with Crippen LogP contribution < -0.4 is 10.2 Å². The summed E-state index contributed by atoms with van der Waals surface area (Å²) in [5.74, 6) is 1.83. The molecule has 6 nitrogen and oxygen atoms in total. The van der Waals surface area contributed by atoms with Gasteiger partial charge in [-0.25, -0.2) is 0 Å². The van der Waals surface area contributed by atoms with Crippen LogP contribution in [0.2, 0.25) is 0 Å². The molecule has 1 N–H and O–H groups in total. The van der Waals surface area contributed by atoms with Gasteiger partial charge < -0.3 is 10.2 Å². The zero-order valence-corrected chi connectivity index (χ0v) is 14.0. The molecule has 2 fully saturated rings. The monoisotopic (exact) mass is 314 g/mol. The van der Waals surface area contributed by atoms with Crippen LogP contribution in [0.4, 0.5) is 11.8 Å². The van der Waals surface area contributed by atoms with E-state index in [1.165, 1.54) is 51.4 Å². The van der Waals surface area contributed by atoms with Crippen molar-refractivity contribution in [2.24, 2.45) is 7.05 Å². The van der Waals surface area contributed by atoms with Crippen molar-refractivity contribution in [1.82, 2.24) is 19.7 Å². The molecule has 124 valence electrons. The number of aryl methyl sites for hydroxylation is 1. The Morgan fingerprint density at radius 2 is 1.74 bits per heavy atom. The van der Waals surface area contributed by atoms with Crippen LogP contribution in [0.25, 0.3) is 11.0 Å². The number of hydrogen-bond acceptors (Lipinski definition) is 5. The van der Waals surface area contributed by atoms with Gasteiger partial charge in [-0.05, 0) is 25.7 Å². The molecule has 0 unspecified atom stereocenters. The number of hydrogen-bond donors (Lipinski definition) is 1. The van der Waals surface area contributed by atoms with Gasteiger partial charge in [0.15, 0.2) is 5.65 Å². The summed E-state index contributed by atoms with van der Waals surface area (Å²) in [6, 6.07) is 0.509. The molecule has 0 amide bonds. The lowest BCUT2D eigenvalue weighted by Gasteiger charge is -2.20. The van der Waals surface area contributed by atoms with Crippen LogP contribution in [0.5, 0.6) is 0 Å². The molecule has 0 bridgehead atoms. The molecule has 1 saturated carbocycles. The second kappa shape index (κ2) is 6.34. The van der Waals surface area contributed by atoms with E-state index < -0.39 is 0 Å².